The summed E-state index contributed by atoms with van der Waals surface area (Å²) < 4.78 is 7.36. The normalized spacial score (nSPS) is 24.1. The SMILES string of the molecule is C=C(C)C1=NSNC1/C(S)=C\C. The van der Waals surface area contributed by atoms with Gasteiger partial charge in [-0.25, -0.2) is 9.12 Å². The minimum absolute atomic E-state index is 0.126. The molecule has 0 aliphatic carbocycles. The summed E-state index contributed by atoms with van der Waals surface area (Å²) in [7, 11) is 0. The highest BCUT2D eigenvalue weighted by molar-refractivity contribution is 7.96. The molecule has 0 radical (unpaired) electrons. The second-order valence-corrected chi connectivity index (χ2v) is 3.73. The average molecular weight is 200 g/mol. The molecular weight excluding hydrogens is 188 g/mol. The lowest BCUT2D eigenvalue weighted by Gasteiger charge is -2.11. The summed E-state index contributed by atoms with van der Waals surface area (Å²) in [6.07, 6.45) is 1.96. The van der Waals surface area contributed by atoms with Crippen molar-refractivity contribution in [2.45, 2.75) is 19.9 Å². The van der Waals surface area contributed by atoms with E-state index in [2.05, 4.69) is 28.3 Å². The van der Waals surface area contributed by atoms with Gasteiger partial charge in [0.25, 0.3) is 0 Å². The van der Waals surface area contributed by atoms with Crippen LogP contribution in [0.15, 0.2) is 27.5 Å². The summed E-state index contributed by atoms with van der Waals surface area (Å²) in [6, 6.07) is 0.126. The maximum atomic E-state index is 4.34. The van der Waals surface area contributed by atoms with Gasteiger partial charge in [-0.1, -0.05) is 12.7 Å². The van der Waals surface area contributed by atoms with Gasteiger partial charge in [0.1, 0.15) is 0 Å². The van der Waals surface area contributed by atoms with Gasteiger partial charge in [0, 0.05) is 4.91 Å². The maximum absolute atomic E-state index is 4.34. The van der Waals surface area contributed by atoms with Crippen LogP contribution in [-0.2, 0) is 0 Å². The van der Waals surface area contributed by atoms with Crippen molar-refractivity contribution >= 4 is 30.5 Å². The Kier molecular flexibility index (Phi) is 3.43. The second-order valence-electron chi connectivity index (χ2n) is 2.61. The number of thiol groups is 1. The Labute approximate surface area is 82.9 Å². The first-order valence-electron chi connectivity index (χ1n) is 3.67. The van der Waals surface area contributed by atoms with Gasteiger partial charge in [0.2, 0.25) is 0 Å². The molecule has 1 unspecified atom stereocenters. The van der Waals surface area contributed by atoms with E-state index in [-0.39, 0.29) is 6.04 Å². The molecule has 66 valence electrons. The predicted octanol–water partition coefficient (Wildman–Crippen LogP) is 2.37. The number of nitrogens with one attached hydrogen (secondary N) is 1. The van der Waals surface area contributed by atoms with Crippen molar-refractivity contribution in [2.75, 3.05) is 0 Å². The zero-order chi connectivity index (χ0) is 9.14. The molecule has 0 fully saturated rings. The fraction of sp³-hybridized carbons (Fsp3) is 0.375. The minimum Gasteiger partial charge on any atom is -0.230 e. The summed E-state index contributed by atoms with van der Waals surface area (Å²) in [5, 5.41) is 0. The quantitative estimate of drug-likeness (QED) is 0.528. The van der Waals surface area contributed by atoms with Gasteiger partial charge in [-0.2, -0.15) is 0 Å². The predicted molar refractivity (Wildman–Crippen MR) is 59.5 cm³/mol. The van der Waals surface area contributed by atoms with Gasteiger partial charge in [0.15, 0.2) is 0 Å². The lowest BCUT2D eigenvalue weighted by atomic mass is 10.1. The highest BCUT2D eigenvalue weighted by atomic mass is 32.2. The van der Waals surface area contributed by atoms with Crippen molar-refractivity contribution in [1.82, 2.24) is 4.72 Å². The molecule has 1 atom stereocenters. The molecule has 12 heavy (non-hydrogen) atoms. The van der Waals surface area contributed by atoms with E-state index in [0.29, 0.717) is 0 Å². The van der Waals surface area contributed by atoms with Crippen LogP contribution >= 0.6 is 24.8 Å². The Morgan fingerprint density at radius 3 is 3.00 bits per heavy atom. The van der Waals surface area contributed by atoms with Crippen LogP contribution in [0.3, 0.4) is 0 Å². The third-order valence-electron chi connectivity index (χ3n) is 1.62. The highest BCUT2D eigenvalue weighted by Crippen LogP contribution is 2.22. The molecule has 0 aromatic carbocycles. The molecule has 1 aliphatic rings. The van der Waals surface area contributed by atoms with E-state index in [4.69, 9.17) is 0 Å². The van der Waals surface area contributed by atoms with Crippen molar-refractivity contribution in [3.63, 3.8) is 0 Å². The smallest absolute Gasteiger partial charge is 0.0922 e. The first-order valence-corrected chi connectivity index (χ1v) is 4.89. The van der Waals surface area contributed by atoms with Crippen molar-refractivity contribution in [2.24, 2.45) is 4.40 Å². The Morgan fingerprint density at radius 2 is 2.50 bits per heavy atom. The van der Waals surface area contributed by atoms with Crippen molar-refractivity contribution in [3.05, 3.63) is 23.1 Å². The summed E-state index contributed by atoms with van der Waals surface area (Å²) in [6.45, 7) is 7.77. The first kappa shape index (κ1) is 9.89. The number of rotatable bonds is 2. The van der Waals surface area contributed by atoms with Crippen LogP contribution in [0.25, 0.3) is 0 Å². The van der Waals surface area contributed by atoms with Gasteiger partial charge >= 0.3 is 0 Å². The number of allylic oxidation sites excluding steroid dienone is 1. The highest BCUT2D eigenvalue weighted by Gasteiger charge is 2.23. The molecule has 0 amide bonds. The van der Waals surface area contributed by atoms with Crippen LogP contribution in [-0.4, -0.2) is 11.8 Å². The molecular formula is C8H12N2S2. The van der Waals surface area contributed by atoms with Crippen LogP contribution in [0.4, 0.5) is 0 Å². The van der Waals surface area contributed by atoms with E-state index in [1.165, 1.54) is 12.1 Å². The summed E-state index contributed by atoms with van der Waals surface area (Å²) in [5.41, 5.74) is 1.98. The maximum Gasteiger partial charge on any atom is 0.0922 e. The van der Waals surface area contributed by atoms with Crippen molar-refractivity contribution in [1.29, 1.82) is 0 Å². The van der Waals surface area contributed by atoms with E-state index in [1.807, 2.05) is 19.9 Å². The van der Waals surface area contributed by atoms with Crippen molar-refractivity contribution in [3.8, 4) is 0 Å². The zero-order valence-electron chi connectivity index (χ0n) is 7.16. The molecule has 2 nitrogen and oxygen atoms in total. The van der Waals surface area contributed by atoms with E-state index in [1.54, 1.807) is 0 Å². The van der Waals surface area contributed by atoms with Gasteiger partial charge in [0.05, 0.1) is 23.9 Å². The van der Waals surface area contributed by atoms with Crippen LogP contribution in [0.5, 0.6) is 0 Å². The fourth-order valence-corrected chi connectivity index (χ4v) is 1.96. The zero-order valence-corrected chi connectivity index (χ0v) is 8.88. The molecule has 1 heterocycles. The Hall–Kier alpha value is -0.190. The molecule has 0 saturated heterocycles. The Bertz CT molecular complexity index is 256. The number of nitrogens with zero attached hydrogens (tertiary/aromatic N) is 1. The van der Waals surface area contributed by atoms with Crippen molar-refractivity contribution < 1.29 is 0 Å². The third kappa shape index (κ3) is 1.94. The van der Waals surface area contributed by atoms with E-state index >= 15 is 0 Å². The Morgan fingerprint density at radius 1 is 1.83 bits per heavy atom. The number of hydrogen-bond acceptors (Lipinski definition) is 4. The van der Waals surface area contributed by atoms with E-state index in [9.17, 15) is 0 Å². The monoisotopic (exact) mass is 200 g/mol. The van der Waals surface area contributed by atoms with Gasteiger partial charge < -0.3 is 0 Å². The molecule has 0 spiro atoms. The average Bonchev–Trinajstić information content (AvgIpc) is 2.50. The summed E-state index contributed by atoms with van der Waals surface area (Å²) >= 11 is 5.69. The molecule has 4 heteroatoms. The summed E-state index contributed by atoms with van der Waals surface area (Å²) in [4.78, 5) is 0.988. The largest absolute Gasteiger partial charge is 0.230 e. The van der Waals surface area contributed by atoms with Crippen LogP contribution in [0.2, 0.25) is 0 Å². The van der Waals surface area contributed by atoms with Gasteiger partial charge in [-0.15, -0.1) is 12.6 Å². The van der Waals surface area contributed by atoms with E-state index in [0.717, 1.165) is 16.2 Å². The molecule has 0 saturated carbocycles. The third-order valence-corrected chi connectivity index (χ3v) is 2.76. The Balaban J connectivity index is 2.82. The molecule has 1 N–H and O–H groups in total. The topological polar surface area (TPSA) is 24.4 Å². The molecule has 0 bridgehead atoms. The van der Waals surface area contributed by atoms with Gasteiger partial charge in [-0.05, 0) is 19.4 Å². The van der Waals surface area contributed by atoms with Crippen LogP contribution in [0, 0.1) is 0 Å². The number of hydrogen-bond donors (Lipinski definition) is 2. The van der Waals surface area contributed by atoms with Crippen LogP contribution in [0.1, 0.15) is 13.8 Å². The summed E-state index contributed by atoms with van der Waals surface area (Å²) in [5.74, 6) is 0. The lowest BCUT2D eigenvalue weighted by Crippen LogP contribution is -2.28. The van der Waals surface area contributed by atoms with Crippen LogP contribution < -0.4 is 4.72 Å². The molecule has 0 aromatic heterocycles. The lowest BCUT2D eigenvalue weighted by molar-refractivity contribution is 0.991. The first-order chi connectivity index (χ1) is 5.66. The second kappa shape index (κ2) is 4.16. The standard InChI is InChI=1S/C8H12N2S2/c1-4-6(11)8-7(5(2)3)9-12-10-8/h4,8,10-11H,2H2,1,3H3/b6-4+. The molecule has 1 rings (SSSR count). The van der Waals surface area contributed by atoms with E-state index < -0.39 is 0 Å². The fourth-order valence-electron chi connectivity index (χ4n) is 0.928. The molecule has 1 aliphatic heterocycles. The van der Waals surface area contributed by atoms with Gasteiger partial charge in [-0.3, -0.25) is 0 Å². The minimum atomic E-state index is 0.126. The molecule has 0 aromatic rings.